The van der Waals surface area contributed by atoms with Gasteiger partial charge in [-0.3, -0.25) is 0 Å². The molecule has 3 fully saturated rings. The minimum Gasteiger partial charge on any atom is -0.477 e. The maximum atomic E-state index is 13.7. The number of aromatic nitrogens is 2. The molecule has 0 radical (unpaired) electrons. The Morgan fingerprint density at radius 2 is 1.89 bits per heavy atom. The second-order valence-corrected chi connectivity index (χ2v) is 10.7. The summed E-state index contributed by atoms with van der Waals surface area (Å²) >= 11 is 1.18. The summed E-state index contributed by atoms with van der Waals surface area (Å²) in [5, 5.41) is 14.0. The van der Waals surface area contributed by atoms with Gasteiger partial charge in [0.25, 0.3) is 0 Å². The number of rotatable bonds is 7. The van der Waals surface area contributed by atoms with E-state index in [0.29, 0.717) is 11.3 Å². The van der Waals surface area contributed by atoms with Crippen LogP contribution in [0.15, 0.2) is 35.0 Å². The van der Waals surface area contributed by atoms with E-state index in [1.807, 2.05) is 0 Å². The quantitative estimate of drug-likeness (QED) is 0.403. The number of benzene rings is 1. The summed E-state index contributed by atoms with van der Waals surface area (Å²) in [6, 6.07) is 5.82. The summed E-state index contributed by atoms with van der Waals surface area (Å²) < 4.78 is 53.0. The van der Waals surface area contributed by atoms with Gasteiger partial charge >= 0.3 is 12.1 Å². The Hall–Kier alpha value is -2.92. The molecule has 2 saturated heterocycles. The van der Waals surface area contributed by atoms with Crippen LogP contribution in [-0.4, -0.2) is 39.4 Å². The van der Waals surface area contributed by atoms with Crippen molar-refractivity contribution in [2.45, 2.75) is 75.4 Å². The lowest BCUT2D eigenvalue weighted by atomic mass is 9.98. The highest BCUT2D eigenvalue weighted by Crippen LogP contribution is 2.47. The molecule has 3 atom stereocenters. The molecular weight excluding hydrogens is 495 g/mol. The molecule has 7 nitrogen and oxygen atoms in total. The molecule has 1 unspecified atom stereocenters. The lowest BCUT2D eigenvalue weighted by Gasteiger charge is -2.38. The molecule has 4 heterocycles. The third kappa shape index (κ3) is 4.28. The van der Waals surface area contributed by atoms with Gasteiger partial charge in [0.15, 0.2) is 5.13 Å². The molecule has 2 bridgehead atoms. The number of anilines is 1. The van der Waals surface area contributed by atoms with Crippen LogP contribution in [0.3, 0.4) is 0 Å². The van der Waals surface area contributed by atoms with Gasteiger partial charge in [-0.25, -0.2) is 9.78 Å². The summed E-state index contributed by atoms with van der Waals surface area (Å²) in [6.07, 6.45) is 2.12. The van der Waals surface area contributed by atoms with E-state index in [1.54, 1.807) is 6.07 Å². The lowest BCUT2D eigenvalue weighted by molar-refractivity contribution is -0.137. The number of hydrogen-bond donors (Lipinski definition) is 1. The predicted octanol–water partition coefficient (Wildman–Crippen LogP) is 6.11. The monoisotopic (exact) mass is 519 g/mol. The maximum Gasteiger partial charge on any atom is 0.417 e. The zero-order valence-electron chi connectivity index (χ0n) is 19.2. The molecule has 1 aliphatic carbocycles. The smallest absolute Gasteiger partial charge is 0.417 e. The molecule has 3 aliphatic rings. The van der Waals surface area contributed by atoms with Crippen LogP contribution < -0.4 is 4.90 Å². The van der Waals surface area contributed by atoms with Gasteiger partial charge in [0.2, 0.25) is 0 Å². The summed E-state index contributed by atoms with van der Waals surface area (Å²) in [7, 11) is 0. The first-order valence-electron chi connectivity index (χ1n) is 12.0. The molecule has 190 valence electrons. The standard InChI is InChI=1S/C25H24F3N3O4S/c26-25(27,28)19-4-2-1-3-17(19)21-18(22(35-30-21)13-5-6-13)12-34-16-9-14-7-8-15(10-16)31(14)24-29-11-20(36-24)23(32)33/h1-4,11,13-16H,5-10,12H2,(H,32,33)/t14-,15+,16?. The molecule has 3 aromatic rings. The Labute approximate surface area is 208 Å². The van der Waals surface area contributed by atoms with E-state index in [1.165, 1.54) is 29.7 Å². The van der Waals surface area contributed by atoms with Crippen molar-refractivity contribution < 1.29 is 32.3 Å². The number of aromatic carboxylic acids is 1. The van der Waals surface area contributed by atoms with Crippen molar-refractivity contribution >= 4 is 22.4 Å². The normalized spacial score (nSPS) is 23.9. The Kier molecular flexibility index (Phi) is 5.79. The van der Waals surface area contributed by atoms with E-state index in [2.05, 4.69) is 15.0 Å². The number of nitrogens with zero attached hydrogens (tertiary/aromatic N) is 3. The first-order chi connectivity index (χ1) is 17.3. The Morgan fingerprint density at radius 3 is 2.53 bits per heavy atom. The number of hydrogen-bond acceptors (Lipinski definition) is 7. The molecule has 11 heteroatoms. The number of piperidine rings is 1. The second kappa shape index (κ2) is 8.88. The number of carboxylic acid groups (broad SMARTS) is 1. The number of halogens is 3. The molecule has 2 aliphatic heterocycles. The minimum absolute atomic E-state index is 0.00661. The zero-order valence-corrected chi connectivity index (χ0v) is 20.0. The van der Waals surface area contributed by atoms with Crippen molar-refractivity contribution in [2.75, 3.05) is 4.90 Å². The van der Waals surface area contributed by atoms with Gasteiger partial charge in [-0.05, 0) is 44.6 Å². The highest BCUT2D eigenvalue weighted by atomic mass is 32.1. The fraction of sp³-hybridized carbons (Fsp3) is 0.480. The lowest BCUT2D eigenvalue weighted by Crippen LogP contribution is -2.45. The average molecular weight is 520 g/mol. The van der Waals surface area contributed by atoms with Crippen molar-refractivity contribution in [1.29, 1.82) is 0 Å². The maximum absolute atomic E-state index is 13.7. The summed E-state index contributed by atoms with van der Waals surface area (Å²) in [5.41, 5.74) is 0.0776. The number of ether oxygens (including phenoxy) is 1. The Bertz CT molecular complexity index is 1270. The molecule has 1 aromatic carbocycles. The van der Waals surface area contributed by atoms with Gasteiger partial charge in [-0.15, -0.1) is 0 Å². The van der Waals surface area contributed by atoms with Crippen LogP contribution in [-0.2, 0) is 17.5 Å². The van der Waals surface area contributed by atoms with Crippen molar-refractivity contribution in [3.63, 3.8) is 0 Å². The van der Waals surface area contributed by atoms with Crippen molar-refractivity contribution in [3.05, 3.63) is 52.2 Å². The van der Waals surface area contributed by atoms with Crippen LogP contribution in [0.4, 0.5) is 18.3 Å². The molecule has 6 rings (SSSR count). The summed E-state index contributed by atoms with van der Waals surface area (Å²) in [4.78, 5) is 18.0. The van der Waals surface area contributed by atoms with Gasteiger partial charge in [0.1, 0.15) is 16.3 Å². The van der Waals surface area contributed by atoms with E-state index in [-0.39, 0.29) is 46.8 Å². The van der Waals surface area contributed by atoms with Gasteiger partial charge in [0, 0.05) is 29.1 Å². The van der Waals surface area contributed by atoms with E-state index in [9.17, 15) is 23.1 Å². The van der Waals surface area contributed by atoms with E-state index >= 15 is 0 Å². The molecule has 0 spiro atoms. The van der Waals surface area contributed by atoms with Crippen LogP contribution in [0, 0.1) is 0 Å². The molecular formula is C25H24F3N3O4S. The summed E-state index contributed by atoms with van der Waals surface area (Å²) in [6.45, 7) is 0.140. The Morgan fingerprint density at radius 1 is 1.17 bits per heavy atom. The fourth-order valence-electron chi connectivity index (χ4n) is 5.54. The van der Waals surface area contributed by atoms with Crippen LogP contribution in [0.2, 0.25) is 0 Å². The molecule has 1 N–H and O–H groups in total. The minimum atomic E-state index is -4.50. The van der Waals surface area contributed by atoms with Crippen LogP contribution >= 0.6 is 11.3 Å². The molecule has 1 saturated carbocycles. The first-order valence-corrected chi connectivity index (χ1v) is 12.9. The van der Waals surface area contributed by atoms with Crippen molar-refractivity contribution in [2.24, 2.45) is 0 Å². The van der Waals surface area contributed by atoms with Gasteiger partial charge in [0.05, 0.1) is 24.5 Å². The topological polar surface area (TPSA) is 88.7 Å². The first kappa shape index (κ1) is 23.5. The highest BCUT2D eigenvalue weighted by Gasteiger charge is 2.43. The van der Waals surface area contributed by atoms with E-state index < -0.39 is 17.7 Å². The van der Waals surface area contributed by atoms with Crippen LogP contribution in [0.1, 0.15) is 71.0 Å². The number of alkyl halides is 3. The number of thiazole rings is 1. The van der Waals surface area contributed by atoms with Crippen LogP contribution in [0.25, 0.3) is 11.3 Å². The number of carbonyl (C=O) groups is 1. The molecule has 36 heavy (non-hydrogen) atoms. The highest BCUT2D eigenvalue weighted by molar-refractivity contribution is 7.17. The SMILES string of the molecule is O=C(O)c1cnc(N2[C@@H]3CC[C@H]2CC(OCc2c(-c4ccccc4C(F)(F)F)noc2C2CC2)C3)s1. The predicted molar refractivity (Wildman–Crippen MR) is 125 cm³/mol. The average Bonchev–Trinajstić information content (AvgIpc) is 3.30. The van der Waals surface area contributed by atoms with E-state index in [4.69, 9.17) is 9.26 Å². The number of carboxylic acids is 1. The van der Waals surface area contributed by atoms with Crippen molar-refractivity contribution in [1.82, 2.24) is 10.1 Å². The van der Waals surface area contributed by atoms with E-state index in [0.717, 1.165) is 49.7 Å². The third-order valence-corrected chi connectivity index (χ3v) is 8.33. The molecule has 2 aromatic heterocycles. The fourth-order valence-corrected chi connectivity index (χ4v) is 6.43. The van der Waals surface area contributed by atoms with Gasteiger partial charge in [-0.2, -0.15) is 13.2 Å². The number of fused-ring (bicyclic) bond motifs is 2. The zero-order chi connectivity index (χ0) is 25.0. The summed E-state index contributed by atoms with van der Waals surface area (Å²) in [5.74, 6) is -0.173. The molecule has 0 amide bonds. The Balaban J connectivity index is 1.21. The van der Waals surface area contributed by atoms with Gasteiger partial charge in [-0.1, -0.05) is 34.7 Å². The van der Waals surface area contributed by atoms with Crippen LogP contribution in [0.5, 0.6) is 0 Å². The largest absolute Gasteiger partial charge is 0.477 e. The van der Waals surface area contributed by atoms with Crippen molar-refractivity contribution in [3.8, 4) is 11.3 Å². The third-order valence-electron chi connectivity index (χ3n) is 7.33. The van der Waals surface area contributed by atoms with Gasteiger partial charge < -0.3 is 19.3 Å². The second-order valence-electron chi connectivity index (χ2n) is 9.70.